The van der Waals surface area contributed by atoms with E-state index in [0.717, 1.165) is 0 Å². The second-order valence-corrected chi connectivity index (χ2v) is 6.93. The van der Waals surface area contributed by atoms with Crippen LogP contribution >= 0.6 is 0 Å². The number of anilines is 1. The van der Waals surface area contributed by atoms with Crippen molar-refractivity contribution in [3.8, 4) is 0 Å². The number of amides is 3. The molecule has 2 aromatic carbocycles. The Kier molecular flexibility index (Phi) is 9.58. The molecule has 1 atom stereocenters. The van der Waals surface area contributed by atoms with E-state index < -0.39 is 29.1 Å². The Bertz CT molecular complexity index is 964. The summed E-state index contributed by atoms with van der Waals surface area (Å²) in [5.74, 6) is -0.430. The van der Waals surface area contributed by atoms with Crippen LogP contribution in [0.25, 0.3) is 0 Å². The zero-order chi connectivity index (χ0) is 24.2. The molecule has 12 nitrogen and oxygen atoms in total. The lowest BCUT2D eigenvalue weighted by atomic mass is 10.1. The van der Waals surface area contributed by atoms with Crippen molar-refractivity contribution in [1.29, 1.82) is 0 Å². The molecule has 0 unspecified atom stereocenters. The summed E-state index contributed by atoms with van der Waals surface area (Å²) in [4.78, 5) is 45.3. The quantitative estimate of drug-likeness (QED) is 0.223. The van der Waals surface area contributed by atoms with Crippen molar-refractivity contribution in [2.75, 3.05) is 11.9 Å². The number of carbonyl (C=O) groups excluding carboxylic acids is 3. The van der Waals surface area contributed by atoms with Gasteiger partial charge in [0.1, 0.15) is 19.3 Å². The SMILES string of the molecule is NCCC[C@H](NC(N)=O)C(=O)Nc1ccc(COC(=O)OCc2ccc([N+](=O)[O-])cc2)cc1. The van der Waals surface area contributed by atoms with Crippen molar-refractivity contribution in [2.45, 2.75) is 32.1 Å². The minimum atomic E-state index is -0.897. The molecule has 0 aliphatic heterocycles. The molecule has 0 saturated carbocycles. The van der Waals surface area contributed by atoms with Gasteiger partial charge in [0.05, 0.1) is 4.92 Å². The average Bonchev–Trinajstić information content (AvgIpc) is 2.79. The van der Waals surface area contributed by atoms with Gasteiger partial charge >= 0.3 is 12.2 Å². The summed E-state index contributed by atoms with van der Waals surface area (Å²) in [6.45, 7) is 0.220. The van der Waals surface area contributed by atoms with Crippen LogP contribution in [0.15, 0.2) is 48.5 Å². The number of carbonyl (C=O) groups is 3. The van der Waals surface area contributed by atoms with Crippen LogP contribution in [0, 0.1) is 10.1 Å². The summed E-state index contributed by atoms with van der Waals surface area (Å²) in [6, 6.07) is 10.5. The smallest absolute Gasteiger partial charge is 0.429 e. The lowest BCUT2D eigenvalue weighted by Crippen LogP contribution is -2.46. The molecule has 0 fully saturated rings. The summed E-state index contributed by atoms with van der Waals surface area (Å²) in [7, 11) is 0. The minimum absolute atomic E-state index is 0.0591. The van der Waals surface area contributed by atoms with Crippen molar-refractivity contribution in [3.05, 3.63) is 69.8 Å². The van der Waals surface area contributed by atoms with E-state index in [1.807, 2.05) is 0 Å². The van der Waals surface area contributed by atoms with Gasteiger partial charge in [0, 0.05) is 17.8 Å². The van der Waals surface area contributed by atoms with Gasteiger partial charge in [-0.15, -0.1) is 0 Å². The topological polar surface area (TPSA) is 189 Å². The minimum Gasteiger partial charge on any atom is -0.429 e. The predicted octanol–water partition coefficient (Wildman–Crippen LogP) is 2.16. The normalized spacial score (nSPS) is 11.2. The fourth-order valence-corrected chi connectivity index (χ4v) is 2.72. The van der Waals surface area contributed by atoms with Gasteiger partial charge in [0.2, 0.25) is 5.91 Å². The Morgan fingerprint density at radius 1 is 0.970 bits per heavy atom. The van der Waals surface area contributed by atoms with Gasteiger partial charge in [-0.05, 0) is 54.8 Å². The fraction of sp³-hybridized carbons (Fsp3) is 0.286. The predicted molar refractivity (Wildman–Crippen MR) is 118 cm³/mol. The maximum absolute atomic E-state index is 12.4. The van der Waals surface area contributed by atoms with E-state index in [-0.39, 0.29) is 18.9 Å². The third-order valence-corrected chi connectivity index (χ3v) is 4.41. The molecule has 176 valence electrons. The number of hydrogen-bond acceptors (Lipinski definition) is 8. The lowest BCUT2D eigenvalue weighted by molar-refractivity contribution is -0.384. The average molecular weight is 459 g/mol. The highest BCUT2D eigenvalue weighted by Crippen LogP contribution is 2.14. The van der Waals surface area contributed by atoms with Crippen LogP contribution in [-0.2, 0) is 27.5 Å². The molecule has 2 aromatic rings. The van der Waals surface area contributed by atoms with Crippen molar-refractivity contribution in [3.63, 3.8) is 0 Å². The monoisotopic (exact) mass is 459 g/mol. The van der Waals surface area contributed by atoms with E-state index in [9.17, 15) is 24.5 Å². The lowest BCUT2D eigenvalue weighted by Gasteiger charge is -2.17. The number of nitro benzene ring substituents is 1. The number of nitrogens with one attached hydrogen (secondary N) is 2. The van der Waals surface area contributed by atoms with E-state index in [1.54, 1.807) is 24.3 Å². The number of nitrogens with zero attached hydrogens (tertiary/aromatic N) is 1. The second-order valence-electron chi connectivity index (χ2n) is 6.93. The molecule has 0 heterocycles. The van der Waals surface area contributed by atoms with Gasteiger partial charge in [-0.3, -0.25) is 14.9 Å². The first kappa shape index (κ1) is 25.1. The number of hydrogen-bond donors (Lipinski definition) is 4. The van der Waals surface area contributed by atoms with Crippen molar-refractivity contribution in [1.82, 2.24) is 5.32 Å². The molecule has 12 heteroatoms. The van der Waals surface area contributed by atoms with Gasteiger partial charge < -0.3 is 31.6 Å². The molecule has 0 spiro atoms. The van der Waals surface area contributed by atoms with Gasteiger partial charge in [0.15, 0.2) is 0 Å². The first-order valence-corrected chi connectivity index (χ1v) is 9.97. The molecule has 0 aliphatic rings. The van der Waals surface area contributed by atoms with Crippen LogP contribution < -0.4 is 22.1 Å². The van der Waals surface area contributed by atoms with Crippen LogP contribution in [0.2, 0.25) is 0 Å². The maximum atomic E-state index is 12.4. The number of rotatable bonds is 11. The van der Waals surface area contributed by atoms with E-state index in [4.69, 9.17) is 20.9 Å². The summed E-state index contributed by atoms with van der Waals surface area (Å²) in [6.07, 6.45) is -0.0142. The van der Waals surface area contributed by atoms with Crippen molar-refractivity contribution < 1.29 is 28.8 Å². The van der Waals surface area contributed by atoms with Gasteiger partial charge in [-0.1, -0.05) is 12.1 Å². The van der Waals surface area contributed by atoms with Gasteiger partial charge in [-0.25, -0.2) is 9.59 Å². The van der Waals surface area contributed by atoms with E-state index >= 15 is 0 Å². The Morgan fingerprint density at radius 3 is 2.00 bits per heavy atom. The van der Waals surface area contributed by atoms with Gasteiger partial charge in [0.25, 0.3) is 5.69 Å². The Balaban J connectivity index is 1.79. The molecular formula is C21H25N5O7. The number of benzene rings is 2. The number of ether oxygens (including phenoxy) is 2. The number of non-ortho nitro benzene ring substituents is 1. The standard InChI is InChI=1S/C21H25N5O7/c22-11-1-2-18(25-20(23)28)19(27)24-16-7-3-14(4-8-16)12-32-21(29)33-13-15-5-9-17(10-6-15)26(30)31/h3-10,18H,1-2,11-13,22H2,(H,24,27)(H3,23,25,28)/t18-/m0/s1. The molecular weight excluding hydrogens is 434 g/mol. The molecule has 6 N–H and O–H groups in total. The molecule has 33 heavy (non-hydrogen) atoms. The molecule has 2 rings (SSSR count). The summed E-state index contributed by atoms with van der Waals surface area (Å²) < 4.78 is 10.0. The fourth-order valence-electron chi connectivity index (χ4n) is 2.72. The first-order valence-electron chi connectivity index (χ1n) is 9.97. The van der Waals surface area contributed by atoms with Crippen LogP contribution in [0.4, 0.5) is 21.0 Å². The van der Waals surface area contributed by atoms with E-state index in [0.29, 0.717) is 36.2 Å². The first-order chi connectivity index (χ1) is 15.8. The Hall–Kier alpha value is -4.19. The van der Waals surface area contributed by atoms with E-state index in [2.05, 4.69) is 10.6 Å². The number of nitrogens with two attached hydrogens (primary N) is 2. The Labute approximate surface area is 189 Å². The summed E-state index contributed by atoms with van der Waals surface area (Å²) >= 11 is 0. The highest BCUT2D eigenvalue weighted by Gasteiger charge is 2.19. The van der Waals surface area contributed by atoms with Crippen molar-refractivity contribution >= 4 is 29.5 Å². The Morgan fingerprint density at radius 2 is 1.52 bits per heavy atom. The summed E-state index contributed by atoms with van der Waals surface area (Å²) in [5.41, 5.74) is 12.2. The molecule has 3 amide bonds. The third kappa shape index (κ3) is 8.83. The zero-order valence-electron chi connectivity index (χ0n) is 17.7. The van der Waals surface area contributed by atoms with Crippen LogP contribution in [0.3, 0.4) is 0 Å². The van der Waals surface area contributed by atoms with Crippen LogP contribution in [-0.4, -0.2) is 35.6 Å². The van der Waals surface area contributed by atoms with Crippen LogP contribution in [0.5, 0.6) is 0 Å². The number of primary amides is 1. The number of nitro groups is 1. The van der Waals surface area contributed by atoms with Crippen molar-refractivity contribution in [2.24, 2.45) is 11.5 Å². The zero-order valence-corrected chi connectivity index (χ0v) is 17.7. The summed E-state index contributed by atoms with van der Waals surface area (Å²) in [5, 5.41) is 15.7. The second kappa shape index (κ2) is 12.6. The molecule has 0 aromatic heterocycles. The molecule has 0 saturated heterocycles. The molecule has 0 radical (unpaired) electrons. The van der Waals surface area contributed by atoms with Gasteiger partial charge in [-0.2, -0.15) is 0 Å². The maximum Gasteiger partial charge on any atom is 0.508 e. The highest BCUT2D eigenvalue weighted by atomic mass is 16.7. The van der Waals surface area contributed by atoms with Crippen LogP contribution in [0.1, 0.15) is 24.0 Å². The largest absolute Gasteiger partial charge is 0.508 e. The highest BCUT2D eigenvalue weighted by molar-refractivity contribution is 5.96. The number of urea groups is 1. The molecule has 0 aliphatic carbocycles. The third-order valence-electron chi connectivity index (χ3n) is 4.41. The molecule has 0 bridgehead atoms. The van der Waals surface area contributed by atoms with E-state index in [1.165, 1.54) is 24.3 Å².